The fourth-order valence-corrected chi connectivity index (χ4v) is 2.87. The van der Waals surface area contributed by atoms with Gasteiger partial charge in [0.15, 0.2) is 0 Å². The standard InChI is InChI=1S/C13H21N3O2/c14-8-13(3-5-18-6-4-13)12(17)11-7-15-9-16(11)10-1-2-10/h7,9-10,12,17H,1-6,8,14H2. The molecule has 1 atom stereocenters. The van der Waals surface area contributed by atoms with Gasteiger partial charge >= 0.3 is 0 Å². The summed E-state index contributed by atoms with van der Waals surface area (Å²) >= 11 is 0. The Morgan fingerprint density at radius 3 is 2.83 bits per heavy atom. The highest BCUT2D eigenvalue weighted by atomic mass is 16.5. The van der Waals surface area contributed by atoms with Crippen molar-refractivity contribution in [2.24, 2.45) is 11.1 Å². The van der Waals surface area contributed by atoms with Crippen molar-refractivity contribution in [2.75, 3.05) is 19.8 Å². The van der Waals surface area contributed by atoms with E-state index in [2.05, 4.69) is 9.55 Å². The second kappa shape index (κ2) is 4.64. The van der Waals surface area contributed by atoms with Crippen LogP contribution in [0.3, 0.4) is 0 Å². The van der Waals surface area contributed by atoms with Crippen molar-refractivity contribution in [2.45, 2.75) is 37.8 Å². The molecule has 5 nitrogen and oxygen atoms in total. The van der Waals surface area contributed by atoms with E-state index in [1.807, 2.05) is 6.33 Å². The number of nitrogens with zero attached hydrogens (tertiary/aromatic N) is 2. The smallest absolute Gasteiger partial charge is 0.103 e. The highest BCUT2D eigenvalue weighted by Crippen LogP contribution is 2.44. The van der Waals surface area contributed by atoms with Gasteiger partial charge in [-0.25, -0.2) is 4.98 Å². The zero-order chi connectivity index (χ0) is 12.6. The van der Waals surface area contributed by atoms with Crippen molar-refractivity contribution in [3.05, 3.63) is 18.2 Å². The summed E-state index contributed by atoms with van der Waals surface area (Å²) in [6.45, 7) is 1.87. The lowest BCUT2D eigenvalue weighted by Crippen LogP contribution is -2.42. The highest BCUT2D eigenvalue weighted by Gasteiger charge is 2.41. The molecule has 18 heavy (non-hydrogen) atoms. The van der Waals surface area contributed by atoms with E-state index in [9.17, 15) is 5.11 Å². The first-order valence-electron chi connectivity index (χ1n) is 6.74. The lowest BCUT2D eigenvalue weighted by Gasteiger charge is -2.40. The lowest BCUT2D eigenvalue weighted by atomic mass is 9.74. The van der Waals surface area contributed by atoms with Gasteiger partial charge in [-0.2, -0.15) is 0 Å². The molecule has 2 aliphatic rings. The minimum Gasteiger partial charge on any atom is -0.386 e. The first-order chi connectivity index (χ1) is 8.77. The second-order valence-electron chi connectivity index (χ2n) is 5.54. The van der Waals surface area contributed by atoms with E-state index in [-0.39, 0.29) is 5.41 Å². The summed E-state index contributed by atoms with van der Waals surface area (Å²) in [7, 11) is 0. The molecule has 0 aromatic carbocycles. The van der Waals surface area contributed by atoms with Gasteiger partial charge in [-0.1, -0.05) is 0 Å². The lowest BCUT2D eigenvalue weighted by molar-refractivity contribution is -0.0610. The number of aliphatic hydroxyl groups excluding tert-OH is 1. The van der Waals surface area contributed by atoms with Gasteiger partial charge in [-0.15, -0.1) is 0 Å². The summed E-state index contributed by atoms with van der Waals surface area (Å²) in [6.07, 6.45) is 7.11. The molecule has 3 N–H and O–H groups in total. The second-order valence-corrected chi connectivity index (χ2v) is 5.54. The van der Waals surface area contributed by atoms with Crippen LogP contribution in [0.15, 0.2) is 12.5 Å². The molecule has 2 heterocycles. The monoisotopic (exact) mass is 251 g/mol. The molecule has 0 radical (unpaired) electrons. The molecule has 1 saturated carbocycles. The fourth-order valence-electron chi connectivity index (χ4n) is 2.87. The van der Waals surface area contributed by atoms with Crippen LogP contribution in [0.5, 0.6) is 0 Å². The van der Waals surface area contributed by atoms with E-state index in [0.29, 0.717) is 25.8 Å². The Morgan fingerprint density at radius 1 is 1.50 bits per heavy atom. The Balaban J connectivity index is 1.87. The third kappa shape index (κ3) is 1.96. The quantitative estimate of drug-likeness (QED) is 0.837. The number of hydrogen-bond acceptors (Lipinski definition) is 4. The van der Waals surface area contributed by atoms with Crippen molar-refractivity contribution in [1.29, 1.82) is 0 Å². The third-order valence-corrected chi connectivity index (χ3v) is 4.39. The van der Waals surface area contributed by atoms with Crippen LogP contribution in [-0.4, -0.2) is 34.4 Å². The zero-order valence-corrected chi connectivity index (χ0v) is 10.6. The van der Waals surface area contributed by atoms with Crippen molar-refractivity contribution < 1.29 is 9.84 Å². The summed E-state index contributed by atoms with van der Waals surface area (Å²) < 4.78 is 7.52. The molecule has 0 bridgehead atoms. The van der Waals surface area contributed by atoms with Crippen LogP contribution in [0.4, 0.5) is 0 Å². The topological polar surface area (TPSA) is 73.3 Å². The summed E-state index contributed by atoms with van der Waals surface area (Å²) in [5.74, 6) is 0. The summed E-state index contributed by atoms with van der Waals surface area (Å²) in [4.78, 5) is 4.20. The predicted octanol–water partition coefficient (Wildman–Crippen LogP) is 1.01. The van der Waals surface area contributed by atoms with Crippen LogP contribution < -0.4 is 5.73 Å². The molecule has 1 aromatic rings. The van der Waals surface area contributed by atoms with Crippen molar-refractivity contribution >= 4 is 0 Å². The van der Waals surface area contributed by atoms with E-state index in [1.165, 1.54) is 12.8 Å². The van der Waals surface area contributed by atoms with Crippen LogP contribution in [0, 0.1) is 5.41 Å². The number of aromatic nitrogens is 2. The van der Waals surface area contributed by atoms with Gasteiger partial charge in [0.1, 0.15) is 6.10 Å². The maximum atomic E-state index is 10.7. The molecule has 1 aliphatic carbocycles. The van der Waals surface area contributed by atoms with Crippen molar-refractivity contribution in [1.82, 2.24) is 9.55 Å². The van der Waals surface area contributed by atoms with E-state index < -0.39 is 6.10 Å². The molecular formula is C13H21N3O2. The van der Waals surface area contributed by atoms with E-state index >= 15 is 0 Å². The number of rotatable bonds is 4. The van der Waals surface area contributed by atoms with Gasteiger partial charge in [0, 0.05) is 31.2 Å². The molecule has 1 saturated heterocycles. The Labute approximate surface area is 107 Å². The Hall–Kier alpha value is -0.910. The summed E-state index contributed by atoms with van der Waals surface area (Å²) in [5.41, 5.74) is 6.62. The van der Waals surface area contributed by atoms with Crippen molar-refractivity contribution in [3.63, 3.8) is 0 Å². The molecule has 3 rings (SSSR count). The number of aliphatic hydroxyl groups is 1. The van der Waals surface area contributed by atoms with Gasteiger partial charge in [-0.05, 0) is 25.7 Å². The van der Waals surface area contributed by atoms with Crippen LogP contribution in [-0.2, 0) is 4.74 Å². The molecule has 1 unspecified atom stereocenters. The first kappa shape index (κ1) is 12.1. The average molecular weight is 251 g/mol. The van der Waals surface area contributed by atoms with Gasteiger partial charge < -0.3 is 20.1 Å². The van der Waals surface area contributed by atoms with E-state index in [1.54, 1.807) is 6.20 Å². The largest absolute Gasteiger partial charge is 0.386 e. The SMILES string of the molecule is NCC1(C(O)c2cncn2C2CC2)CCOCC1. The summed E-state index contributed by atoms with van der Waals surface area (Å²) in [6, 6.07) is 0.534. The molecule has 1 aliphatic heterocycles. The fraction of sp³-hybridized carbons (Fsp3) is 0.769. The van der Waals surface area contributed by atoms with Gasteiger partial charge in [-0.3, -0.25) is 0 Å². The number of nitrogens with two attached hydrogens (primary N) is 1. The van der Waals surface area contributed by atoms with Gasteiger partial charge in [0.05, 0.1) is 18.2 Å². The van der Waals surface area contributed by atoms with Crippen molar-refractivity contribution in [3.8, 4) is 0 Å². The highest BCUT2D eigenvalue weighted by molar-refractivity contribution is 5.12. The predicted molar refractivity (Wildman–Crippen MR) is 67.0 cm³/mol. The molecule has 0 amide bonds. The normalized spacial score (nSPS) is 25.0. The molecule has 2 fully saturated rings. The molecule has 1 aromatic heterocycles. The maximum absolute atomic E-state index is 10.7. The maximum Gasteiger partial charge on any atom is 0.103 e. The number of imidazole rings is 1. The molecule has 0 spiro atoms. The number of ether oxygens (including phenoxy) is 1. The van der Waals surface area contributed by atoms with Crippen LogP contribution in [0.1, 0.15) is 43.5 Å². The van der Waals surface area contributed by atoms with Crippen LogP contribution in [0.25, 0.3) is 0 Å². The number of hydrogen-bond donors (Lipinski definition) is 2. The zero-order valence-electron chi connectivity index (χ0n) is 10.6. The van der Waals surface area contributed by atoms with Crippen LogP contribution >= 0.6 is 0 Å². The first-order valence-corrected chi connectivity index (χ1v) is 6.74. The average Bonchev–Trinajstić information content (AvgIpc) is 3.16. The molecule has 100 valence electrons. The van der Waals surface area contributed by atoms with Crippen LogP contribution in [0.2, 0.25) is 0 Å². The Kier molecular flexibility index (Phi) is 3.13. The third-order valence-electron chi connectivity index (χ3n) is 4.39. The van der Waals surface area contributed by atoms with E-state index in [0.717, 1.165) is 18.5 Å². The molecule has 5 heteroatoms. The minimum atomic E-state index is -0.533. The Morgan fingerprint density at radius 2 is 2.22 bits per heavy atom. The molecular weight excluding hydrogens is 230 g/mol. The minimum absolute atomic E-state index is 0.245. The van der Waals surface area contributed by atoms with Gasteiger partial charge in [0.25, 0.3) is 0 Å². The Bertz CT molecular complexity index is 408. The van der Waals surface area contributed by atoms with Gasteiger partial charge in [0.2, 0.25) is 0 Å². The summed E-state index contributed by atoms with van der Waals surface area (Å²) in [5, 5.41) is 10.7. The van der Waals surface area contributed by atoms with E-state index in [4.69, 9.17) is 10.5 Å².